The Hall–Kier alpha value is -6.71. The van der Waals surface area contributed by atoms with Gasteiger partial charge in [-0.25, -0.2) is 0 Å². The summed E-state index contributed by atoms with van der Waals surface area (Å²) in [4.78, 5) is 0. The summed E-state index contributed by atoms with van der Waals surface area (Å²) in [6, 6.07) is 63.5. The summed E-state index contributed by atoms with van der Waals surface area (Å²) in [6.45, 7) is 0. The largest absolute Gasteiger partial charge is 0.354 e. The maximum absolute atomic E-state index is 9.58. The lowest BCUT2D eigenvalue weighted by atomic mass is 9.85. The van der Waals surface area contributed by atoms with Crippen molar-refractivity contribution in [2.75, 3.05) is 0 Å². The van der Waals surface area contributed by atoms with E-state index in [0.717, 1.165) is 61.6 Å². The average molecular weight is 640 g/mol. The zero-order valence-corrected chi connectivity index (χ0v) is 27.3. The summed E-state index contributed by atoms with van der Waals surface area (Å²) in [5, 5.41) is 15.9. The van der Waals surface area contributed by atoms with Gasteiger partial charge in [-0.1, -0.05) is 158 Å². The Balaban J connectivity index is 1.24. The van der Waals surface area contributed by atoms with E-state index in [0.29, 0.717) is 5.71 Å². The standard InChI is InChI=1S/C47H33N3/c48-46(35-19-8-3-9-20-35)45(34-17-6-2-7-18-34)47-40-24-14-23-37(41(40)31-42(49-47)33-15-4-1-5-16-33)32-27-29-36(30-28-32)50-43-25-12-10-21-38(43)39-22-11-13-26-44(39)50/h1-31,48-49H/b47-45-,48-46?. The maximum atomic E-state index is 9.58. The first kappa shape index (κ1) is 29.4. The Morgan fingerprint density at radius 2 is 1.00 bits per heavy atom. The third-order valence-electron chi connectivity index (χ3n) is 9.65. The lowest BCUT2D eigenvalue weighted by molar-refractivity contribution is 1.18. The molecule has 50 heavy (non-hydrogen) atoms. The fraction of sp³-hybridized carbons (Fsp3) is 0. The second kappa shape index (κ2) is 12.4. The van der Waals surface area contributed by atoms with E-state index in [1.807, 2.05) is 54.6 Å². The minimum atomic E-state index is 0.473. The molecule has 1 aromatic heterocycles. The molecular formula is C47H33N3. The second-order valence-corrected chi connectivity index (χ2v) is 12.6. The second-order valence-electron chi connectivity index (χ2n) is 12.6. The van der Waals surface area contributed by atoms with Crippen LogP contribution in [0.5, 0.6) is 0 Å². The molecule has 0 spiro atoms. The Morgan fingerprint density at radius 1 is 0.460 bits per heavy atom. The van der Waals surface area contributed by atoms with Gasteiger partial charge in [0.15, 0.2) is 0 Å². The van der Waals surface area contributed by atoms with Crippen LogP contribution < -0.4 is 5.32 Å². The van der Waals surface area contributed by atoms with Crippen molar-refractivity contribution in [3.63, 3.8) is 0 Å². The number of rotatable bonds is 6. The van der Waals surface area contributed by atoms with Gasteiger partial charge in [-0.2, -0.15) is 0 Å². The minimum absolute atomic E-state index is 0.473. The molecule has 0 aliphatic carbocycles. The molecule has 2 N–H and O–H groups in total. The van der Waals surface area contributed by atoms with Gasteiger partial charge in [0.25, 0.3) is 0 Å². The molecule has 1 aliphatic rings. The molecule has 9 rings (SSSR count). The maximum Gasteiger partial charge on any atom is 0.0711 e. The zero-order chi connectivity index (χ0) is 33.4. The van der Waals surface area contributed by atoms with Crippen molar-refractivity contribution in [2.24, 2.45) is 0 Å². The Labute approximate surface area is 291 Å². The first-order valence-corrected chi connectivity index (χ1v) is 17.0. The predicted octanol–water partition coefficient (Wildman–Crippen LogP) is 11.5. The van der Waals surface area contributed by atoms with Gasteiger partial charge in [0.2, 0.25) is 0 Å². The van der Waals surface area contributed by atoms with Crippen LogP contribution in [0.2, 0.25) is 0 Å². The number of hydrogen-bond donors (Lipinski definition) is 2. The Morgan fingerprint density at radius 3 is 1.64 bits per heavy atom. The van der Waals surface area contributed by atoms with Gasteiger partial charge in [0.05, 0.1) is 22.4 Å². The molecule has 0 radical (unpaired) electrons. The summed E-state index contributed by atoms with van der Waals surface area (Å²) < 4.78 is 2.36. The molecule has 0 bridgehead atoms. The van der Waals surface area contributed by atoms with Gasteiger partial charge in [-0.05, 0) is 58.2 Å². The molecule has 3 heteroatoms. The van der Waals surface area contributed by atoms with Crippen molar-refractivity contribution >= 4 is 50.6 Å². The molecule has 2 heterocycles. The predicted molar refractivity (Wildman–Crippen MR) is 210 cm³/mol. The van der Waals surface area contributed by atoms with Crippen LogP contribution in [0.1, 0.15) is 27.8 Å². The molecular weight excluding hydrogens is 607 g/mol. The number of para-hydroxylation sites is 2. The Bertz CT molecular complexity index is 2540. The van der Waals surface area contributed by atoms with E-state index in [-0.39, 0.29) is 0 Å². The van der Waals surface area contributed by atoms with E-state index in [4.69, 9.17) is 0 Å². The quantitative estimate of drug-likeness (QED) is 0.175. The fourth-order valence-corrected chi connectivity index (χ4v) is 7.30. The molecule has 0 atom stereocenters. The molecule has 1 aliphatic heterocycles. The van der Waals surface area contributed by atoms with Crippen LogP contribution in [0.25, 0.3) is 61.7 Å². The van der Waals surface area contributed by atoms with Crippen LogP contribution in [0.4, 0.5) is 0 Å². The number of nitrogens with one attached hydrogen (secondary N) is 2. The van der Waals surface area contributed by atoms with Crippen molar-refractivity contribution in [1.29, 1.82) is 5.41 Å². The molecule has 0 saturated heterocycles. The van der Waals surface area contributed by atoms with Gasteiger partial charge in [-0.3, -0.25) is 5.41 Å². The van der Waals surface area contributed by atoms with E-state index in [1.165, 1.54) is 21.8 Å². The van der Waals surface area contributed by atoms with E-state index >= 15 is 0 Å². The van der Waals surface area contributed by atoms with Crippen molar-refractivity contribution < 1.29 is 0 Å². The van der Waals surface area contributed by atoms with Crippen molar-refractivity contribution in [3.05, 3.63) is 210 Å². The summed E-state index contributed by atoms with van der Waals surface area (Å²) in [5.74, 6) is 0. The third-order valence-corrected chi connectivity index (χ3v) is 9.65. The van der Waals surface area contributed by atoms with E-state index < -0.39 is 0 Å². The average Bonchev–Trinajstić information content (AvgIpc) is 3.53. The molecule has 8 aromatic rings. The van der Waals surface area contributed by atoms with Crippen LogP contribution in [-0.4, -0.2) is 10.3 Å². The van der Waals surface area contributed by atoms with Crippen molar-refractivity contribution in [1.82, 2.24) is 9.88 Å². The van der Waals surface area contributed by atoms with Crippen LogP contribution in [0.3, 0.4) is 0 Å². The van der Waals surface area contributed by atoms with Gasteiger partial charge < -0.3 is 9.88 Å². The highest BCUT2D eigenvalue weighted by Crippen LogP contribution is 2.41. The highest BCUT2D eigenvalue weighted by atomic mass is 15.0. The lowest BCUT2D eigenvalue weighted by Crippen LogP contribution is -2.20. The third kappa shape index (κ3) is 5.04. The summed E-state index contributed by atoms with van der Waals surface area (Å²) in [5.41, 5.74) is 14.2. The van der Waals surface area contributed by atoms with E-state index in [9.17, 15) is 5.41 Å². The number of hydrogen-bond acceptors (Lipinski definition) is 2. The van der Waals surface area contributed by atoms with Crippen LogP contribution >= 0.6 is 0 Å². The molecule has 3 nitrogen and oxygen atoms in total. The minimum Gasteiger partial charge on any atom is -0.354 e. The molecule has 0 unspecified atom stereocenters. The van der Waals surface area contributed by atoms with Crippen molar-refractivity contribution in [3.8, 4) is 16.8 Å². The van der Waals surface area contributed by atoms with Crippen molar-refractivity contribution in [2.45, 2.75) is 0 Å². The topological polar surface area (TPSA) is 40.8 Å². The van der Waals surface area contributed by atoms with E-state index in [1.54, 1.807) is 0 Å². The first-order chi connectivity index (χ1) is 24.7. The first-order valence-electron chi connectivity index (χ1n) is 17.0. The summed E-state index contributed by atoms with van der Waals surface area (Å²) >= 11 is 0. The van der Waals surface area contributed by atoms with Gasteiger partial charge >= 0.3 is 0 Å². The molecule has 0 fully saturated rings. The fourth-order valence-electron chi connectivity index (χ4n) is 7.30. The van der Waals surface area contributed by atoms with E-state index in [2.05, 4.69) is 143 Å². The van der Waals surface area contributed by atoms with Crippen LogP contribution in [0, 0.1) is 5.41 Å². The number of allylic oxidation sites excluding steroid dienone is 1. The summed E-state index contributed by atoms with van der Waals surface area (Å²) in [6.07, 6.45) is 2.26. The number of fused-ring (bicyclic) bond motifs is 4. The zero-order valence-electron chi connectivity index (χ0n) is 27.3. The normalized spacial score (nSPS) is 13.4. The van der Waals surface area contributed by atoms with Gasteiger partial charge in [0, 0.05) is 38.9 Å². The summed E-state index contributed by atoms with van der Waals surface area (Å²) in [7, 11) is 0. The Kier molecular flexibility index (Phi) is 7.29. The van der Waals surface area contributed by atoms with Gasteiger partial charge in [0.1, 0.15) is 0 Å². The van der Waals surface area contributed by atoms with Gasteiger partial charge in [-0.15, -0.1) is 0 Å². The van der Waals surface area contributed by atoms with Crippen LogP contribution in [-0.2, 0) is 0 Å². The molecule has 7 aromatic carbocycles. The highest BCUT2D eigenvalue weighted by molar-refractivity contribution is 6.36. The molecule has 0 amide bonds. The number of benzene rings is 7. The monoisotopic (exact) mass is 639 g/mol. The molecule has 0 saturated carbocycles. The number of aromatic nitrogens is 1. The smallest absolute Gasteiger partial charge is 0.0711 e. The van der Waals surface area contributed by atoms with Crippen LogP contribution in [0.15, 0.2) is 182 Å². The highest BCUT2D eigenvalue weighted by Gasteiger charge is 2.25. The molecule has 236 valence electrons. The lowest BCUT2D eigenvalue weighted by Gasteiger charge is -2.27. The SMILES string of the molecule is N=C(/C(=C1\NC(c2ccccc2)=Cc2c1cccc2-c1ccc(-n2c3ccccc3c3ccccc32)cc1)c1ccccc1)c1ccccc1. The number of nitrogens with zero attached hydrogens (tertiary/aromatic N) is 1.